The fraction of sp³-hybridized carbons (Fsp3) is 0.316. The summed E-state index contributed by atoms with van der Waals surface area (Å²) in [6.45, 7) is 2.85. The Morgan fingerprint density at radius 1 is 1.14 bits per heavy atom. The van der Waals surface area contributed by atoms with Gasteiger partial charge in [0.15, 0.2) is 0 Å². The monoisotopic (exact) mass is 401 g/mol. The third-order valence-corrected chi connectivity index (χ3v) is 6.24. The lowest BCUT2D eigenvalue weighted by Crippen LogP contribution is -2.24. The van der Waals surface area contributed by atoms with Gasteiger partial charge in [0.05, 0.1) is 17.0 Å². The molecule has 28 heavy (non-hydrogen) atoms. The first-order chi connectivity index (χ1) is 13.3. The van der Waals surface area contributed by atoms with Crippen LogP contribution < -0.4 is 5.32 Å². The second kappa shape index (κ2) is 8.07. The third-order valence-electron chi connectivity index (χ3n) is 4.42. The van der Waals surface area contributed by atoms with Gasteiger partial charge in [-0.05, 0) is 30.7 Å². The normalized spacial score (nSPS) is 11.9. The predicted octanol–water partition coefficient (Wildman–Crippen LogP) is 1.70. The van der Waals surface area contributed by atoms with Gasteiger partial charge in [-0.1, -0.05) is 35.0 Å². The van der Waals surface area contributed by atoms with E-state index in [0.717, 1.165) is 9.87 Å². The van der Waals surface area contributed by atoms with Crippen molar-refractivity contribution in [1.82, 2.24) is 24.6 Å². The van der Waals surface area contributed by atoms with Crippen molar-refractivity contribution in [2.75, 3.05) is 14.1 Å². The van der Waals surface area contributed by atoms with E-state index in [9.17, 15) is 13.2 Å². The minimum atomic E-state index is -3.53. The van der Waals surface area contributed by atoms with Crippen LogP contribution in [-0.4, -0.2) is 47.7 Å². The molecule has 3 aromatic rings. The van der Waals surface area contributed by atoms with Crippen LogP contribution in [0, 0.1) is 6.92 Å². The SMILES string of the molecule is Cc1ccc(CNC(=O)CCn2nnc3cc(S(=O)(=O)N(C)C)ccc32)cc1. The van der Waals surface area contributed by atoms with Gasteiger partial charge in [-0.15, -0.1) is 5.10 Å². The average Bonchev–Trinajstić information content (AvgIpc) is 3.08. The minimum Gasteiger partial charge on any atom is -0.352 e. The molecule has 0 bridgehead atoms. The summed E-state index contributed by atoms with van der Waals surface area (Å²) in [5, 5.41) is 11.0. The molecule has 2 aromatic carbocycles. The quantitative estimate of drug-likeness (QED) is 0.650. The predicted molar refractivity (Wildman–Crippen MR) is 106 cm³/mol. The highest BCUT2D eigenvalue weighted by atomic mass is 32.2. The molecule has 0 fully saturated rings. The smallest absolute Gasteiger partial charge is 0.242 e. The summed E-state index contributed by atoms with van der Waals surface area (Å²) in [5.41, 5.74) is 3.38. The lowest BCUT2D eigenvalue weighted by molar-refractivity contribution is -0.121. The number of fused-ring (bicyclic) bond motifs is 1. The Labute approximate surface area is 164 Å². The van der Waals surface area contributed by atoms with Crippen molar-refractivity contribution < 1.29 is 13.2 Å². The molecule has 1 amide bonds. The zero-order chi connectivity index (χ0) is 20.3. The van der Waals surface area contributed by atoms with Gasteiger partial charge in [-0.3, -0.25) is 4.79 Å². The number of sulfonamides is 1. The van der Waals surface area contributed by atoms with Gasteiger partial charge >= 0.3 is 0 Å². The van der Waals surface area contributed by atoms with Crippen LogP contribution in [0.5, 0.6) is 0 Å². The summed E-state index contributed by atoms with van der Waals surface area (Å²) >= 11 is 0. The van der Waals surface area contributed by atoms with Gasteiger partial charge in [-0.2, -0.15) is 0 Å². The third kappa shape index (κ3) is 4.37. The number of nitrogens with one attached hydrogen (secondary N) is 1. The molecule has 3 rings (SSSR count). The Hall–Kier alpha value is -2.78. The lowest BCUT2D eigenvalue weighted by Gasteiger charge is -2.11. The van der Waals surface area contributed by atoms with Gasteiger partial charge in [-0.25, -0.2) is 17.4 Å². The van der Waals surface area contributed by atoms with E-state index in [1.165, 1.54) is 31.8 Å². The van der Waals surface area contributed by atoms with Crippen molar-refractivity contribution in [1.29, 1.82) is 0 Å². The molecule has 0 radical (unpaired) electrons. The highest BCUT2D eigenvalue weighted by Gasteiger charge is 2.18. The average molecular weight is 401 g/mol. The summed E-state index contributed by atoms with van der Waals surface area (Å²) in [6.07, 6.45) is 0.252. The van der Waals surface area contributed by atoms with E-state index in [1.807, 2.05) is 31.2 Å². The van der Waals surface area contributed by atoms with E-state index in [4.69, 9.17) is 0 Å². The molecule has 0 atom stereocenters. The Balaban J connectivity index is 1.63. The number of rotatable bonds is 7. The number of hydrogen-bond donors (Lipinski definition) is 1. The van der Waals surface area contributed by atoms with Gasteiger partial charge in [0, 0.05) is 27.1 Å². The van der Waals surface area contributed by atoms with E-state index in [1.54, 1.807) is 10.7 Å². The second-order valence-corrected chi connectivity index (χ2v) is 8.91. The van der Waals surface area contributed by atoms with Crippen molar-refractivity contribution in [2.45, 2.75) is 31.3 Å². The van der Waals surface area contributed by atoms with Gasteiger partial charge in [0.25, 0.3) is 0 Å². The molecule has 0 aliphatic heterocycles. The van der Waals surface area contributed by atoms with Crippen molar-refractivity contribution in [3.63, 3.8) is 0 Å². The van der Waals surface area contributed by atoms with Crippen molar-refractivity contribution in [3.05, 3.63) is 53.6 Å². The zero-order valence-electron chi connectivity index (χ0n) is 16.1. The Kier molecular flexibility index (Phi) is 5.76. The number of hydrogen-bond acceptors (Lipinski definition) is 5. The van der Waals surface area contributed by atoms with E-state index in [0.29, 0.717) is 24.1 Å². The summed E-state index contributed by atoms with van der Waals surface area (Å²) in [7, 11) is -0.574. The second-order valence-electron chi connectivity index (χ2n) is 6.76. The van der Waals surface area contributed by atoms with E-state index < -0.39 is 10.0 Å². The molecule has 1 aromatic heterocycles. The van der Waals surface area contributed by atoms with Crippen LogP contribution in [0.15, 0.2) is 47.4 Å². The maximum absolute atomic E-state index is 12.2. The number of aryl methyl sites for hydroxylation is 2. The maximum atomic E-state index is 12.2. The molecule has 0 spiro atoms. The molecule has 1 N–H and O–H groups in total. The molecular formula is C19H23N5O3S. The van der Waals surface area contributed by atoms with Gasteiger partial charge in [0.2, 0.25) is 15.9 Å². The number of carbonyl (C=O) groups excluding carboxylic acids is 1. The Morgan fingerprint density at radius 3 is 2.54 bits per heavy atom. The number of carbonyl (C=O) groups is 1. The molecule has 148 valence electrons. The van der Waals surface area contributed by atoms with Crippen LogP contribution >= 0.6 is 0 Å². The lowest BCUT2D eigenvalue weighted by atomic mass is 10.1. The fourth-order valence-electron chi connectivity index (χ4n) is 2.69. The van der Waals surface area contributed by atoms with Gasteiger partial charge in [0.1, 0.15) is 5.52 Å². The molecule has 0 saturated heterocycles. The largest absolute Gasteiger partial charge is 0.352 e. The molecule has 0 aliphatic carbocycles. The summed E-state index contributed by atoms with van der Waals surface area (Å²) < 4.78 is 27.2. The standard InChI is InChI=1S/C19H23N5O3S/c1-14-4-6-15(7-5-14)13-20-19(25)10-11-24-18-9-8-16(12-17(18)21-22-24)28(26,27)23(2)3/h4-9,12H,10-11,13H2,1-3H3,(H,20,25). The molecule has 0 saturated carbocycles. The molecule has 9 heteroatoms. The van der Waals surface area contributed by atoms with Crippen molar-refractivity contribution in [2.24, 2.45) is 0 Å². The highest BCUT2D eigenvalue weighted by molar-refractivity contribution is 7.89. The number of nitrogens with zero attached hydrogens (tertiary/aromatic N) is 4. The number of amides is 1. The van der Waals surface area contributed by atoms with Crippen LogP contribution in [0.1, 0.15) is 17.5 Å². The van der Waals surface area contributed by atoms with Crippen LogP contribution in [0.3, 0.4) is 0 Å². The van der Waals surface area contributed by atoms with Crippen LogP contribution in [0.2, 0.25) is 0 Å². The van der Waals surface area contributed by atoms with E-state index in [2.05, 4.69) is 15.6 Å². The minimum absolute atomic E-state index is 0.0870. The molecule has 8 nitrogen and oxygen atoms in total. The summed E-state index contributed by atoms with van der Waals surface area (Å²) in [5.74, 6) is -0.0870. The maximum Gasteiger partial charge on any atom is 0.242 e. The van der Waals surface area contributed by atoms with Gasteiger partial charge < -0.3 is 5.32 Å². The fourth-order valence-corrected chi connectivity index (χ4v) is 3.61. The topological polar surface area (TPSA) is 97.2 Å². The van der Waals surface area contributed by atoms with Crippen molar-refractivity contribution in [3.8, 4) is 0 Å². The van der Waals surface area contributed by atoms with E-state index >= 15 is 0 Å². The first-order valence-corrected chi connectivity index (χ1v) is 10.3. The molecule has 1 heterocycles. The molecule has 0 aliphatic rings. The first-order valence-electron chi connectivity index (χ1n) is 8.85. The van der Waals surface area contributed by atoms with Crippen molar-refractivity contribution >= 4 is 27.0 Å². The molecular weight excluding hydrogens is 378 g/mol. The summed E-state index contributed by atoms with van der Waals surface area (Å²) in [6, 6.07) is 12.7. The molecule has 0 unspecified atom stereocenters. The van der Waals surface area contributed by atoms with Crippen LogP contribution in [0.25, 0.3) is 11.0 Å². The number of benzene rings is 2. The van der Waals surface area contributed by atoms with E-state index in [-0.39, 0.29) is 17.2 Å². The number of aromatic nitrogens is 3. The first kappa shape index (κ1) is 20.0. The Morgan fingerprint density at radius 2 is 1.86 bits per heavy atom. The van der Waals surface area contributed by atoms with Crippen LogP contribution in [0.4, 0.5) is 0 Å². The van der Waals surface area contributed by atoms with Crippen LogP contribution in [-0.2, 0) is 27.9 Å². The highest BCUT2D eigenvalue weighted by Crippen LogP contribution is 2.19. The zero-order valence-corrected chi connectivity index (χ0v) is 16.9. The summed E-state index contributed by atoms with van der Waals surface area (Å²) in [4.78, 5) is 12.3. The Bertz CT molecular complexity index is 1090.